The Bertz CT molecular complexity index is 1400. The van der Waals surface area contributed by atoms with E-state index in [0.717, 1.165) is 43.9 Å². The van der Waals surface area contributed by atoms with Crippen molar-refractivity contribution in [2.75, 3.05) is 5.32 Å². The number of halogens is 1. The zero-order valence-corrected chi connectivity index (χ0v) is 18.7. The highest BCUT2D eigenvalue weighted by Crippen LogP contribution is 2.30. The standard InChI is InChI=1S/C27H19ClN2OS/c28-22-13-11-19(12-14-22)27-30-25(17-32-27)21-8-4-9-23(15-21)29-26(31)16-20-7-3-6-18-5-1-2-10-24(18)20/h1-15,17H,16H2,(H,29,31). The average molecular weight is 455 g/mol. The highest BCUT2D eigenvalue weighted by atomic mass is 35.5. The molecule has 0 radical (unpaired) electrons. The minimum atomic E-state index is -0.0429. The quantitative estimate of drug-likeness (QED) is 0.299. The van der Waals surface area contributed by atoms with Crippen molar-refractivity contribution in [1.29, 1.82) is 0 Å². The van der Waals surface area contributed by atoms with Crippen LogP contribution in [0.25, 0.3) is 32.6 Å². The second-order valence-electron chi connectivity index (χ2n) is 7.49. The number of carbonyl (C=O) groups excluding carboxylic acids is 1. The first kappa shape index (κ1) is 20.4. The number of hydrogen-bond acceptors (Lipinski definition) is 3. The summed E-state index contributed by atoms with van der Waals surface area (Å²) >= 11 is 7.57. The second kappa shape index (κ2) is 8.95. The van der Waals surface area contributed by atoms with Crippen molar-refractivity contribution in [2.24, 2.45) is 0 Å². The number of rotatable bonds is 5. The first-order chi connectivity index (χ1) is 15.7. The lowest BCUT2D eigenvalue weighted by Crippen LogP contribution is -2.14. The molecule has 0 unspecified atom stereocenters. The number of nitrogens with one attached hydrogen (secondary N) is 1. The summed E-state index contributed by atoms with van der Waals surface area (Å²) in [5, 5.41) is 8.95. The van der Waals surface area contributed by atoms with E-state index in [0.29, 0.717) is 11.4 Å². The minimum absolute atomic E-state index is 0.0429. The predicted molar refractivity (Wildman–Crippen MR) is 134 cm³/mol. The second-order valence-corrected chi connectivity index (χ2v) is 8.78. The van der Waals surface area contributed by atoms with E-state index in [-0.39, 0.29) is 5.91 Å². The van der Waals surface area contributed by atoms with Crippen LogP contribution in [0.4, 0.5) is 5.69 Å². The largest absolute Gasteiger partial charge is 0.326 e. The van der Waals surface area contributed by atoms with Gasteiger partial charge >= 0.3 is 0 Å². The van der Waals surface area contributed by atoms with Gasteiger partial charge in [0, 0.05) is 27.2 Å². The fourth-order valence-electron chi connectivity index (χ4n) is 3.71. The molecule has 1 amide bonds. The van der Waals surface area contributed by atoms with Gasteiger partial charge in [-0.05, 0) is 40.6 Å². The molecule has 0 bridgehead atoms. The first-order valence-corrected chi connectivity index (χ1v) is 11.5. The van der Waals surface area contributed by atoms with Gasteiger partial charge in [-0.25, -0.2) is 4.98 Å². The minimum Gasteiger partial charge on any atom is -0.326 e. The molecule has 5 aromatic rings. The lowest BCUT2D eigenvalue weighted by atomic mass is 10.0. The lowest BCUT2D eigenvalue weighted by Gasteiger charge is -2.09. The molecular formula is C27H19ClN2OS. The van der Waals surface area contributed by atoms with Gasteiger partial charge in [0.2, 0.25) is 5.91 Å². The Balaban J connectivity index is 1.33. The molecule has 0 aliphatic rings. The summed E-state index contributed by atoms with van der Waals surface area (Å²) in [6.45, 7) is 0. The van der Waals surface area contributed by atoms with E-state index >= 15 is 0 Å². The zero-order chi connectivity index (χ0) is 21.9. The van der Waals surface area contributed by atoms with Gasteiger partial charge < -0.3 is 5.32 Å². The molecule has 0 spiro atoms. The van der Waals surface area contributed by atoms with E-state index in [1.165, 1.54) is 0 Å². The van der Waals surface area contributed by atoms with Crippen molar-refractivity contribution in [2.45, 2.75) is 6.42 Å². The normalized spacial score (nSPS) is 10.9. The summed E-state index contributed by atoms with van der Waals surface area (Å²) < 4.78 is 0. The van der Waals surface area contributed by atoms with E-state index in [9.17, 15) is 4.79 Å². The molecule has 5 rings (SSSR count). The van der Waals surface area contributed by atoms with Crippen LogP contribution < -0.4 is 5.32 Å². The van der Waals surface area contributed by atoms with E-state index in [1.54, 1.807) is 11.3 Å². The van der Waals surface area contributed by atoms with E-state index in [4.69, 9.17) is 16.6 Å². The summed E-state index contributed by atoms with van der Waals surface area (Å²) in [6.07, 6.45) is 0.322. The molecule has 32 heavy (non-hydrogen) atoms. The molecule has 5 heteroatoms. The third-order valence-electron chi connectivity index (χ3n) is 5.27. The predicted octanol–water partition coefficient (Wildman–Crippen LogP) is 7.46. The van der Waals surface area contributed by atoms with Crippen LogP contribution in [-0.4, -0.2) is 10.9 Å². The molecule has 3 nitrogen and oxygen atoms in total. The Labute approximate surface area is 195 Å². The van der Waals surface area contributed by atoms with Gasteiger partial charge in [-0.3, -0.25) is 4.79 Å². The highest BCUT2D eigenvalue weighted by Gasteiger charge is 2.10. The summed E-state index contributed by atoms with van der Waals surface area (Å²) in [6, 6.07) is 29.6. The SMILES string of the molecule is O=C(Cc1cccc2ccccc12)Nc1cccc(-c2csc(-c3ccc(Cl)cc3)n2)c1. The molecule has 0 saturated heterocycles. The van der Waals surface area contributed by atoms with Gasteiger partial charge in [0.1, 0.15) is 5.01 Å². The third-order valence-corrected chi connectivity index (χ3v) is 6.41. The Kier molecular flexibility index (Phi) is 5.71. The number of anilines is 1. The number of nitrogens with zero attached hydrogens (tertiary/aromatic N) is 1. The maximum Gasteiger partial charge on any atom is 0.228 e. The summed E-state index contributed by atoms with van der Waals surface area (Å²) in [5.41, 5.74) is 4.65. The van der Waals surface area contributed by atoms with Gasteiger partial charge in [-0.1, -0.05) is 78.3 Å². The topological polar surface area (TPSA) is 42.0 Å². The molecule has 0 saturated carbocycles. The Hall–Kier alpha value is -3.47. The van der Waals surface area contributed by atoms with Crippen molar-refractivity contribution in [3.05, 3.63) is 107 Å². The first-order valence-electron chi connectivity index (χ1n) is 10.2. The summed E-state index contributed by atoms with van der Waals surface area (Å²) in [7, 11) is 0. The fourth-order valence-corrected chi connectivity index (χ4v) is 4.67. The molecule has 0 fully saturated rings. The van der Waals surface area contributed by atoms with Gasteiger partial charge in [-0.2, -0.15) is 0 Å². The zero-order valence-electron chi connectivity index (χ0n) is 17.1. The number of fused-ring (bicyclic) bond motifs is 1. The monoisotopic (exact) mass is 454 g/mol. The Morgan fingerprint density at radius 2 is 1.66 bits per heavy atom. The third kappa shape index (κ3) is 4.42. The number of hydrogen-bond donors (Lipinski definition) is 1. The van der Waals surface area contributed by atoms with Crippen LogP contribution in [0.1, 0.15) is 5.56 Å². The van der Waals surface area contributed by atoms with Gasteiger partial charge in [-0.15, -0.1) is 11.3 Å². The number of thiazole rings is 1. The van der Waals surface area contributed by atoms with Crippen LogP contribution in [-0.2, 0) is 11.2 Å². The Morgan fingerprint density at radius 1 is 0.875 bits per heavy atom. The van der Waals surface area contributed by atoms with Crippen LogP contribution in [0.5, 0.6) is 0 Å². The van der Waals surface area contributed by atoms with Crippen molar-refractivity contribution >= 4 is 45.3 Å². The van der Waals surface area contributed by atoms with Crippen molar-refractivity contribution < 1.29 is 4.79 Å². The maximum absolute atomic E-state index is 12.8. The highest BCUT2D eigenvalue weighted by molar-refractivity contribution is 7.13. The molecule has 0 aliphatic carbocycles. The molecule has 0 aliphatic heterocycles. The van der Waals surface area contributed by atoms with Crippen molar-refractivity contribution in [3.63, 3.8) is 0 Å². The van der Waals surface area contributed by atoms with Crippen LogP contribution in [0.3, 0.4) is 0 Å². The smallest absolute Gasteiger partial charge is 0.228 e. The van der Waals surface area contributed by atoms with E-state index in [2.05, 4.69) is 23.5 Å². The molecule has 1 N–H and O–H groups in total. The molecular weight excluding hydrogens is 436 g/mol. The maximum atomic E-state index is 12.8. The molecule has 0 atom stereocenters. The lowest BCUT2D eigenvalue weighted by molar-refractivity contribution is -0.115. The Morgan fingerprint density at radius 3 is 2.53 bits per heavy atom. The molecule has 156 valence electrons. The van der Waals surface area contributed by atoms with Gasteiger partial charge in [0.15, 0.2) is 0 Å². The molecule has 4 aromatic carbocycles. The van der Waals surface area contributed by atoms with Crippen molar-refractivity contribution in [1.82, 2.24) is 4.98 Å². The molecule has 1 heterocycles. The average Bonchev–Trinajstić information content (AvgIpc) is 3.30. The van der Waals surface area contributed by atoms with Crippen LogP contribution in [0.15, 0.2) is 96.4 Å². The molecule has 1 aromatic heterocycles. The van der Waals surface area contributed by atoms with Gasteiger partial charge in [0.05, 0.1) is 12.1 Å². The van der Waals surface area contributed by atoms with Crippen molar-refractivity contribution in [3.8, 4) is 21.8 Å². The summed E-state index contributed by atoms with van der Waals surface area (Å²) in [5.74, 6) is -0.0429. The van der Waals surface area contributed by atoms with Crippen LogP contribution in [0, 0.1) is 0 Å². The van der Waals surface area contributed by atoms with E-state index < -0.39 is 0 Å². The number of amides is 1. The number of benzene rings is 4. The van der Waals surface area contributed by atoms with Crippen LogP contribution >= 0.6 is 22.9 Å². The van der Waals surface area contributed by atoms with Crippen LogP contribution in [0.2, 0.25) is 5.02 Å². The fraction of sp³-hybridized carbons (Fsp3) is 0.0370. The van der Waals surface area contributed by atoms with Gasteiger partial charge in [0.25, 0.3) is 0 Å². The number of aromatic nitrogens is 1. The summed E-state index contributed by atoms with van der Waals surface area (Å²) in [4.78, 5) is 17.5. The van der Waals surface area contributed by atoms with E-state index in [1.807, 2.05) is 78.2 Å². The number of carbonyl (C=O) groups is 1.